The summed E-state index contributed by atoms with van der Waals surface area (Å²) in [4.78, 5) is 11.6. The zero-order chi connectivity index (χ0) is 13.6. The lowest BCUT2D eigenvalue weighted by atomic mass is 10.0. The van der Waals surface area contributed by atoms with Crippen LogP contribution in [-0.4, -0.2) is 14.8 Å². The van der Waals surface area contributed by atoms with E-state index in [-0.39, 0.29) is 11.7 Å². The Balaban J connectivity index is 1.97. The first-order chi connectivity index (χ1) is 8.97. The number of aryl methyl sites for hydroxylation is 1. The first kappa shape index (κ1) is 12.0. The molecule has 100 valence electrons. The minimum Gasteiger partial charge on any atom is -0.271 e. The Labute approximate surface area is 105 Å². The molecular weight excluding hydrogens is 259 g/mol. The standard InChI is InChI=1S/C12H10F3N3O/c13-12(14,15)8-3-1-7(2-4-8)9-5-6-10-16-17-11(19)18(9)10/h1-4,9H,5-6H2,(H,17,19). The van der Waals surface area contributed by atoms with Gasteiger partial charge in [0.25, 0.3) is 0 Å². The summed E-state index contributed by atoms with van der Waals surface area (Å²) >= 11 is 0. The van der Waals surface area contributed by atoms with Crippen LogP contribution in [0, 0.1) is 0 Å². The number of benzene rings is 1. The van der Waals surface area contributed by atoms with Gasteiger partial charge in [0, 0.05) is 6.42 Å². The number of nitrogens with zero attached hydrogens (tertiary/aromatic N) is 2. The van der Waals surface area contributed by atoms with Gasteiger partial charge < -0.3 is 0 Å². The van der Waals surface area contributed by atoms with Gasteiger partial charge in [-0.05, 0) is 24.1 Å². The number of nitrogens with one attached hydrogen (secondary N) is 1. The Morgan fingerprint density at radius 2 is 1.95 bits per heavy atom. The largest absolute Gasteiger partial charge is 0.416 e. The summed E-state index contributed by atoms with van der Waals surface area (Å²) in [6.45, 7) is 0. The maximum Gasteiger partial charge on any atom is 0.416 e. The summed E-state index contributed by atoms with van der Waals surface area (Å²) < 4.78 is 38.9. The SMILES string of the molecule is O=c1[nH]nc2n1C(c1ccc(C(F)(F)F)cc1)CC2. The van der Waals surface area contributed by atoms with E-state index < -0.39 is 11.7 Å². The molecule has 1 aromatic carbocycles. The number of hydrogen-bond donors (Lipinski definition) is 1. The highest BCUT2D eigenvalue weighted by atomic mass is 19.4. The minimum atomic E-state index is -4.34. The Hall–Kier alpha value is -2.05. The summed E-state index contributed by atoms with van der Waals surface area (Å²) in [5, 5.41) is 6.23. The summed E-state index contributed by atoms with van der Waals surface area (Å²) in [5.41, 5.74) is -0.318. The molecule has 2 heterocycles. The lowest BCUT2D eigenvalue weighted by Gasteiger charge is -2.13. The lowest BCUT2D eigenvalue weighted by molar-refractivity contribution is -0.137. The van der Waals surface area contributed by atoms with E-state index in [1.165, 1.54) is 16.7 Å². The van der Waals surface area contributed by atoms with Crippen LogP contribution in [0.4, 0.5) is 13.2 Å². The van der Waals surface area contributed by atoms with Crippen molar-refractivity contribution in [3.63, 3.8) is 0 Å². The molecule has 0 radical (unpaired) electrons. The van der Waals surface area contributed by atoms with Crippen molar-refractivity contribution in [2.45, 2.75) is 25.1 Å². The summed E-state index contributed by atoms with van der Waals surface area (Å²) in [7, 11) is 0. The first-order valence-corrected chi connectivity index (χ1v) is 5.80. The number of H-pyrrole nitrogens is 1. The van der Waals surface area contributed by atoms with Crippen molar-refractivity contribution in [3.8, 4) is 0 Å². The number of aromatic amines is 1. The van der Waals surface area contributed by atoms with Crippen LogP contribution < -0.4 is 5.69 Å². The minimum absolute atomic E-state index is 0.233. The number of rotatable bonds is 1. The van der Waals surface area contributed by atoms with Crippen LogP contribution in [-0.2, 0) is 12.6 Å². The van der Waals surface area contributed by atoms with E-state index >= 15 is 0 Å². The number of aromatic nitrogens is 3. The van der Waals surface area contributed by atoms with Gasteiger partial charge in [-0.1, -0.05) is 12.1 Å². The van der Waals surface area contributed by atoms with E-state index in [9.17, 15) is 18.0 Å². The van der Waals surface area contributed by atoms with Crippen molar-refractivity contribution in [1.82, 2.24) is 14.8 Å². The van der Waals surface area contributed by atoms with Gasteiger partial charge in [-0.3, -0.25) is 4.57 Å². The first-order valence-electron chi connectivity index (χ1n) is 5.80. The lowest BCUT2D eigenvalue weighted by Crippen LogP contribution is -2.20. The van der Waals surface area contributed by atoms with Gasteiger partial charge in [0.2, 0.25) is 0 Å². The molecule has 0 aliphatic carbocycles. The summed E-state index contributed by atoms with van der Waals surface area (Å²) in [6.07, 6.45) is -3.02. The molecule has 1 N–H and O–H groups in total. The van der Waals surface area contributed by atoms with Crippen LogP contribution in [0.15, 0.2) is 29.1 Å². The molecule has 0 fully saturated rings. The van der Waals surface area contributed by atoms with Gasteiger partial charge in [0.05, 0.1) is 11.6 Å². The van der Waals surface area contributed by atoms with Crippen LogP contribution in [0.1, 0.15) is 29.4 Å². The predicted octanol–water partition coefficient (Wildman–Crippen LogP) is 2.13. The van der Waals surface area contributed by atoms with E-state index in [1.54, 1.807) is 0 Å². The van der Waals surface area contributed by atoms with E-state index in [0.717, 1.165) is 12.1 Å². The average molecular weight is 269 g/mol. The van der Waals surface area contributed by atoms with E-state index in [4.69, 9.17) is 0 Å². The van der Waals surface area contributed by atoms with Crippen LogP contribution in [0.2, 0.25) is 0 Å². The highest BCUT2D eigenvalue weighted by molar-refractivity contribution is 5.28. The third-order valence-corrected chi connectivity index (χ3v) is 3.35. The molecular formula is C12H10F3N3O. The number of hydrogen-bond acceptors (Lipinski definition) is 2. The van der Waals surface area contributed by atoms with E-state index in [0.29, 0.717) is 24.2 Å². The molecule has 0 amide bonds. The van der Waals surface area contributed by atoms with Crippen molar-refractivity contribution in [1.29, 1.82) is 0 Å². The second kappa shape index (κ2) is 3.97. The molecule has 7 heteroatoms. The van der Waals surface area contributed by atoms with Crippen LogP contribution >= 0.6 is 0 Å². The molecule has 19 heavy (non-hydrogen) atoms. The van der Waals surface area contributed by atoms with Crippen molar-refractivity contribution < 1.29 is 13.2 Å². The third-order valence-electron chi connectivity index (χ3n) is 3.35. The van der Waals surface area contributed by atoms with Crippen molar-refractivity contribution in [3.05, 3.63) is 51.7 Å². The van der Waals surface area contributed by atoms with Gasteiger partial charge >= 0.3 is 11.9 Å². The van der Waals surface area contributed by atoms with E-state index in [1.807, 2.05) is 0 Å². The molecule has 1 aromatic heterocycles. The average Bonchev–Trinajstić information content (AvgIpc) is 2.92. The molecule has 2 aromatic rings. The third kappa shape index (κ3) is 1.94. The fourth-order valence-corrected chi connectivity index (χ4v) is 2.44. The van der Waals surface area contributed by atoms with Crippen molar-refractivity contribution >= 4 is 0 Å². The Bertz CT molecular complexity index is 654. The molecule has 0 saturated carbocycles. The second-order valence-electron chi connectivity index (χ2n) is 4.49. The van der Waals surface area contributed by atoms with Gasteiger partial charge in [-0.25, -0.2) is 9.89 Å². The molecule has 0 bridgehead atoms. The number of fused-ring (bicyclic) bond motifs is 1. The second-order valence-corrected chi connectivity index (χ2v) is 4.49. The zero-order valence-electron chi connectivity index (χ0n) is 9.74. The monoisotopic (exact) mass is 269 g/mol. The van der Waals surface area contributed by atoms with Gasteiger partial charge in [0.15, 0.2) is 0 Å². The molecule has 1 aliphatic rings. The van der Waals surface area contributed by atoms with Crippen molar-refractivity contribution in [2.75, 3.05) is 0 Å². The van der Waals surface area contributed by atoms with Gasteiger partial charge in [-0.15, -0.1) is 0 Å². The molecule has 4 nitrogen and oxygen atoms in total. The zero-order valence-corrected chi connectivity index (χ0v) is 9.74. The highest BCUT2D eigenvalue weighted by Crippen LogP contribution is 2.33. The molecule has 1 atom stereocenters. The van der Waals surface area contributed by atoms with Crippen LogP contribution in [0.5, 0.6) is 0 Å². The smallest absolute Gasteiger partial charge is 0.271 e. The number of halogens is 3. The maximum atomic E-state index is 12.5. The normalized spacial score (nSPS) is 18.6. The fourth-order valence-electron chi connectivity index (χ4n) is 2.44. The maximum absolute atomic E-state index is 12.5. The number of alkyl halides is 3. The van der Waals surface area contributed by atoms with Crippen molar-refractivity contribution in [2.24, 2.45) is 0 Å². The Morgan fingerprint density at radius 1 is 1.26 bits per heavy atom. The summed E-state index contributed by atoms with van der Waals surface area (Å²) in [5.74, 6) is 0.648. The van der Waals surface area contributed by atoms with Gasteiger partial charge in [-0.2, -0.15) is 18.3 Å². The Morgan fingerprint density at radius 3 is 2.58 bits per heavy atom. The van der Waals surface area contributed by atoms with Crippen LogP contribution in [0.25, 0.3) is 0 Å². The summed E-state index contributed by atoms with van der Waals surface area (Å²) in [6, 6.07) is 4.68. The van der Waals surface area contributed by atoms with Crippen LogP contribution in [0.3, 0.4) is 0 Å². The fraction of sp³-hybridized carbons (Fsp3) is 0.333. The quantitative estimate of drug-likeness (QED) is 0.862. The Kier molecular flexibility index (Phi) is 2.51. The molecule has 1 aliphatic heterocycles. The van der Waals surface area contributed by atoms with Gasteiger partial charge in [0.1, 0.15) is 5.82 Å². The molecule has 1 unspecified atom stereocenters. The molecule has 0 spiro atoms. The molecule has 0 saturated heterocycles. The topological polar surface area (TPSA) is 50.7 Å². The predicted molar refractivity (Wildman–Crippen MR) is 60.8 cm³/mol. The van der Waals surface area contributed by atoms with E-state index in [2.05, 4.69) is 10.2 Å². The molecule has 3 rings (SSSR count). The highest BCUT2D eigenvalue weighted by Gasteiger charge is 2.31.